The lowest BCUT2D eigenvalue weighted by Gasteiger charge is -2.29. The summed E-state index contributed by atoms with van der Waals surface area (Å²) in [6, 6.07) is 5.76. The number of carboxylic acids is 1. The van der Waals surface area contributed by atoms with Crippen LogP contribution in [0, 0.1) is 0 Å². The van der Waals surface area contributed by atoms with Crippen molar-refractivity contribution < 1.29 is 23.4 Å². The minimum Gasteiger partial charge on any atom is -0.481 e. The van der Waals surface area contributed by atoms with E-state index in [1.165, 1.54) is 12.1 Å². The van der Waals surface area contributed by atoms with Crippen LogP contribution in [0.15, 0.2) is 24.3 Å². The van der Waals surface area contributed by atoms with Gasteiger partial charge in [0.05, 0.1) is 13.2 Å². The topological polar surface area (TPSA) is 49.8 Å². The maximum Gasteiger partial charge on any atom is 0.309 e. The van der Waals surface area contributed by atoms with Gasteiger partial charge in [-0.3, -0.25) is 4.79 Å². The van der Waals surface area contributed by atoms with Gasteiger partial charge in [-0.15, -0.1) is 0 Å². The molecule has 0 aliphatic carbocycles. The predicted molar refractivity (Wildman–Crippen MR) is 65.6 cm³/mol. The fourth-order valence-corrected chi connectivity index (χ4v) is 2.03. The normalized spacial score (nSPS) is 16.4. The highest BCUT2D eigenvalue weighted by atomic mass is 19.3. The van der Waals surface area contributed by atoms with Crippen LogP contribution in [0.5, 0.6) is 0 Å². The van der Waals surface area contributed by atoms with Gasteiger partial charge in [0.15, 0.2) is 0 Å². The number of carbonyl (C=O) groups is 1. The van der Waals surface area contributed by atoms with Gasteiger partial charge in [-0.1, -0.05) is 12.1 Å². The maximum absolute atomic E-state index is 13.6. The van der Waals surface area contributed by atoms with Crippen molar-refractivity contribution in [3.63, 3.8) is 0 Å². The highest BCUT2D eigenvalue weighted by molar-refractivity contribution is 5.68. The number of carboxylic acid groups (broad SMARTS) is 1. The van der Waals surface area contributed by atoms with Gasteiger partial charge in [-0.25, -0.2) is 8.78 Å². The fourth-order valence-electron chi connectivity index (χ4n) is 2.03. The second-order valence-electron chi connectivity index (χ2n) is 4.42. The molecule has 1 aliphatic heterocycles. The minimum atomic E-state index is -3.34. The molecule has 0 spiro atoms. The molecule has 0 aromatic heterocycles. The van der Waals surface area contributed by atoms with Gasteiger partial charge in [0, 0.05) is 24.3 Å². The third-order valence-electron chi connectivity index (χ3n) is 3.04. The third kappa shape index (κ3) is 3.41. The maximum atomic E-state index is 13.6. The number of benzene rings is 1. The molecule has 0 bridgehead atoms. The van der Waals surface area contributed by atoms with E-state index in [2.05, 4.69) is 0 Å². The Hall–Kier alpha value is -1.69. The first-order valence-electron chi connectivity index (χ1n) is 6.02. The molecule has 1 saturated heterocycles. The Kier molecular flexibility index (Phi) is 3.99. The van der Waals surface area contributed by atoms with Crippen molar-refractivity contribution in [3.05, 3.63) is 29.8 Å². The van der Waals surface area contributed by atoms with Gasteiger partial charge in [0.1, 0.15) is 6.42 Å². The second-order valence-corrected chi connectivity index (χ2v) is 4.42. The molecule has 0 amide bonds. The minimum absolute atomic E-state index is 0.271. The molecule has 1 heterocycles. The van der Waals surface area contributed by atoms with E-state index in [-0.39, 0.29) is 5.56 Å². The van der Waals surface area contributed by atoms with Crippen molar-refractivity contribution in [2.75, 3.05) is 31.2 Å². The van der Waals surface area contributed by atoms with Crippen LogP contribution < -0.4 is 4.90 Å². The molecule has 1 fully saturated rings. The van der Waals surface area contributed by atoms with E-state index < -0.39 is 18.3 Å². The fraction of sp³-hybridized carbons (Fsp3) is 0.462. The van der Waals surface area contributed by atoms with E-state index in [9.17, 15) is 13.6 Å². The smallest absolute Gasteiger partial charge is 0.309 e. The molecule has 0 radical (unpaired) electrons. The molecule has 0 saturated carbocycles. The molecule has 1 aromatic carbocycles. The zero-order valence-corrected chi connectivity index (χ0v) is 10.3. The van der Waals surface area contributed by atoms with Crippen molar-refractivity contribution >= 4 is 11.7 Å². The molecular formula is C13H15F2NO3. The summed E-state index contributed by atoms with van der Waals surface area (Å²) < 4.78 is 32.3. The van der Waals surface area contributed by atoms with Gasteiger partial charge in [0.2, 0.25) is 0 Å². The number of morpholine rings is 1. The number of anilines is 1. The molecule has 0 unspecified atom stereocenters. The van der Waals surface area contributed by atoms with Crippen LogP contribution in [-0.2, 0) is 15.5 Å². The van der Waals surface area contributed by atoms with E-state index in [0.29, 0.717) is 13.2 Å². The average Bonchev–Trinajstić information content (AvgIpc) is 2.38. The van der Waals surface area contributed by atoms with E-state index in [1.54, 1.807) is 12.1 Å². The Morgan fingerprint density at radius 3 is 2.37 bits per heavy atom. The lowest BCUT2D eigenvalue weighted by atomic mass is 10.0. The Balaban J connectivity index is 2.11. The van der Waals surface area contributed by atoms with Crippen molar-refractivity contribution in [2.45, 2.75) is 12.3 Å². The van der Waals surface area contributed by atoms with E-state index in [0.717, 1.165) is 18.8 Å². The number of alkyl halides is 2. The number of hydrogen-bond acceptors (Lipinski definition) is 3. The van der Waals surface area contributed by atoms with Crippen molar-refractivity contribution in [1.29, 1.82) is 0 Å². The standard InChI is InChI=1S/C13H15F2NO3/c14-13(15,9-12(17)18)10-1-3-11(4-2-10)16-5-7-19-8-6-16/h1-4H,5-9H2,(H,17,18). The number of aliphatic carboxylic acids is 1. The molecule has 4 nitrogen and oxygen atoms in total. The van der Waals surface area contributed by atoms with Gasteiger partial charge < -0.3 is 14.7 Å². The highest BCUT2D eigenvalue weighted by Crippen LogP contribution is 2.32. The Morgan fingerprint density at radius 1 is 1.26 bits per heavy atom. The lowest BCUT2D eigenvalue weighted by Crippen LogP contribution is -2.36. The van der Waals surface area contributed by atoms with Crippen LogP contribution in [0.25, 0.3) is 0 Å². The predicted octanol–water partition coefficient (Wildman–Crippen LogP) is 2.09. The largest absolute Gasteiger partial charge is 0.481 e. The summed E-state index contributed by atoms with van der Waals surface area (Å²) in [5, 5.41) is 8.47. The van der Waals surface area contributed by atoms with E-state index in [4.69, 9.17) is 9.84 Å². The van der Waals surface area contributed by atoms with Crippen molar-refractivity contribution in [1.82, 2.24) is 0 Å². The SMILES string of the molecule is O=C(O)CC(F)(F)c1ccc(N2CCOCC2)cc1. The molecule has 6 heteroatoms. The quantitative estimate of drug-likeness (QED) is 0.911. The number of rotatable bonds is 4. The molecule has 2 rings (SSSR count). The number of ether oxygens (including phenoxy) is 1. The Bertz CT molecular complexity index is 442. The van der Waals surface area contributed by atoms with Gasteiger partial charge in [0.25, 0.3) is 5.92 Å². The molecule has 19 heavy (non-hydrogen) atoms. The summed E-state index contributed by atoms with van der Waals surface area (Å²) in [5.74, 6) is -4.85. The zero-order valence-electron chi connectivity index (χ0n) is 10.3. The first-order chi connectivity index (χ1) is 8.99. The lowest BCUT2D eigenvalue weighted by molar-refractivity contribution is -0.145. The number of halogens is 2. The molecular weight excluding hydrogens is 256 g/mol. The Labute approximate surface area is 109 Å². The molecule has 1 aliphatic rings. The number of hydrogen-bond donors (Lipinski definition) is 1. The third-order valence-corrected chi connectivity index (χ3v) is 3.04. The first kappa shape index (κ1) is 13.7. The average molecular weight is 271 g/mol. The molecule has 1 N–H and O–H groups in total. The summed E-state index contributed by atoms with van der Waals surface area (Å²) in [5.41, 5.74) is 0.574. The molecule has 104 valence electrons. The molecule has 0 atom stereocenters. The Morgan fingerprint density at radius 2 is 1.84 bits per heavy atom. The summed E-state index contributed by atoms with van der Waals surface area (Å²) in [6.45, 7) is 2.70. The van der Waals surface area contributed by atoms with E-state index in [1.807, 2.05) is 4.90 Å². The van der Waals surface area contributed by atoms with Gasteiger partial charge in [-0.2, -0.15) is 0 Å². The van der Waals surface area contributed by atoms with Gasteiger partial charge >= 0.3 is 5.97 Å². The van der Waals surface area contributed by atoms with Crippen LogP contribution >= 0.6 is 0 Å². The summed E-state index contributed by atoms with van der Waals surface area (Å²) in [4.78, 5) is 12.4. The van der Waals surface area contributed by atoms with E-state index >= 15 is 0 Å². The summed E-state index contributed by atoms with van der Waals surface area (Å²) in [7, 11) is 0. The second kappa shape index (κ2) is 5.52. The molecule has 1 aromatic rings. The van der Waals surface area contributed by atoms with Crippen molar-refractivity contribution in [3.8, 4) is 0 Å². The summed E-state index contributed by atoms with van der Waals surface area (Å²) in [6.07, 6.45) is -1.19. The van der Waals surface area contributed by atoms with Crippen LogP contribution in [0.1, 0.15) is 12.0 Å². The van der Waals surface area contributed by atoms with Crippen LogP contribution in [0.3, 0.4) is 0 Å². The summed E-state index contributed by atoms with van der Waals surface area (Å²) >= 11 is 0. The van der Waals surface area contributed by atoms with Crippen molar-refractivity contribution in [2.24, 2.45) is 0 Å². The van der Waals surface area contributed by atoms with Crippen LogP contribution in [0.2, 0.25) is 0 Å². The highest BCUT2D eigenvalue weighted by Gasteiger charge is 2.34. The van der Waals surface area contributed by atoms with Crippen LogP contribution in [-0.4, -0.2) is 37.4 Å². The van der Waals surface area contributed by atoms with Crippen LogP contribution in [0.4, 0.5) is 14.5 Å². The monoisotopic (exact) mass is 271 g/mol. The van der Waals surface area contributed by atoms with Gasteiger partial charge in [-0.05, 0) is 12.1 Å². The first-order valence-corrected chi connectivity index (χ1v) is 6.02. The zero-order chi connectivity index (χ0) is 13.9. The number of nitrogens with zero attached hydrogens (tertiary/aromatic N) is 1.